The molecule has 0 bridgehead atoms. The van der Waals surface area contributed by atoms with Gasteiger partial charge in [0.15, 0.2) is 0 Å². The van der Waals surface area contributed by atoms with Crippen LogP contribution in [-0.4, -0.2) is 29.0 Å². The molecule has 146 valence electrons. The van der Waals surface area contributed by atoms with E-state index in [1.54, 1.807) is 6.07 Å². The molecule has 0 N–H and O–H groups in total. The van der Waals surface area contributed by atoms with Gasteiger partial charge in [-0.15, -0.1) is 11.3 Å². The molecule has 1 heterocycles. The fourth-order valence-corrected chi connectivity index (χ4v) is 4.58. The van der Waals surface area contributed by atoms with Crippen molar-refractivity contribution in [1.82, 2.24) is 0 Å². The van der Waals surface area contributed by atoms with Gasteiger partial charge in [0.25, 0.3) is 0 Å². The van der Waals surface area contributed by atoms with Gasteiger partial charge in [0.2, 0.25) is 0 Å². The van der Waals surface area contributed by atoms with Crippen LogP contribution in [0.4, 0.5) is 10.7 Å². The molecule has 28 heavy (non-hydrogen) atoms. The number of methoxy groups -OCH3 is 2. The van der Waals surface area contributed by atoms with Crippen molar-refractivity contribution in [2.45, 2.75) is 0 Å². The number of benzene rings is 2. The lowest BCUT2D eigenvalue weighted by atomic mass is 10.2. The smallest absolute Gasteiger partial charge is 0.337 e. The summed E-state index contributed by atoms with van der Waals surface area (Å²) in [6.45, 7) is 0. The molecule has 1 unspecified atom stereocenters. The largest absolute Gasteiger partial charge is 0.755 e. The highest BCUT2D eigenvalue weighted by atomic mass is 79.9. The fraction of sp³-hybridized carbons (Fsp3) is 0.105. The average molecular weight is 481 g/mol. The molecule has 0 aliphatic carbocycles. The van der Waals surface area contributed by atoms with Crippen LogP contribution in [0, 0.1) is 0 Å². The zero-order chi connectivity index (χ0) is 20.3. The number of thiophene rings is 1. The summed E-state index contributed by atoms with van der Waals surface area (Å²) in [5, 5.41) is 0.496. The van der Waals surface area contributed by atoms with Gasteiger partial charge in [0.1, 0.15) is 10.8 Å². The van der Waals surface area contributed by atoms with E-state index in [1.165, 1.54) is 43.8 Å². The molecule has 2 aromatic carbocycles. The van der Waals surface area contributed by atoms with E-state index in [2.05, 4.69) is 15.9 Å². The second-order valence-electron chi connectivity index (χ2n) is 5.53. The zero-order valence-corrected chi connectivity index (χ0v) is 18.1. The van der Waals surface area contributed by atoms with Gasteiger partial charge in [-0.05, 0) is 48.0 Å². The zero-order valence-electron chi connectivity index (χ0n) is 14.9. The van der Waals surface area contributed by atoms with Crippen LogP contribution in [-0.2, 0) is 16.0 Å². The molecule has 0 saturated heterocycles. The topological polar surface area (TPSA) is 78.9 Å². The third kappa shape index (κ3) is 4.27. The van der Waals surface area contributed by atoms with Crippen molar-refractivity contribution in [3.8, 4) is 16.2 Å². The predicted octanol–water partition coefficient (Wildman–Crippen LogP) is 4.91. The fourth-order valence-electron chi connectivity index (χ4n) is 2.57. The standard InChI is InChI=1S/C19H16BrNO5S2/c1-25-16-11-13(19(22)26-2)5-8-15(16)21(28(23)24)18-10-9-17(27-18)12-3-6-14(20)7-4-12/h3-11H,1-2H3,(H,23,24)/p-1. The number of hydrogen-bond donors (Lipinski definition) is 0. The van der Waals surface area contributed by atoms with E-state index in [0.29, 0.717) is 10.7 Å². The van der Waals surface area contributed by atoms with Gasteiger partial charge in [0.05, 0.1) is 36.7 Å². The summed E-state index contributed by atoms with van der Waals surface area (Å²) in [5.41, 5.74) is 1.54. The van der Waals surface area contributed by atoms with E-state index in [1.807, 2.05) is 30.3 Å². The van der Waals surface area contributed by atoms with Crippen LogP contribution in [0.1, 0.15) is 10.4 Å². The molecule has 0 radical (unpaired) electrons. The molecule has 0 amide bonds. The molecule has 0 spiro atoms. The van der Waals surface area contributed by atoms with Crippen molar-refractivity contribution in [2.24, 2.45) is 0 Å². The van der Waals surface area contributed by atoms with Crippen molar-refractivity contribution in [1.29, 1.82) is 0 Å². The van der Waals surface area contributed by atoms with Crippen molar-refractivity contribution < 1.29 is 23.0 Å². The van der Waals surface area contributed by atoms with Crippen LogP contribution < -0.4 is 9.04 Å². The normalized spacial score (nSPS) is 11.7. The third-order valence-electron chi connectivity index (χ3n) is 3.89. The first kappa shape index (κ1) is 20.5. The van der Waals surface area contributed by atoms with Crippen LogP contribution in [0.3, 0.4) is 0 Å². The lowest BCUT2D eigenvalue weighted by Crippen LogP contribution is -2.19. The van der Waals surface area contributed by atoms with Crippen LogP contribution in [0.25, 0.3) is 10.4 Å². The first-order valence-corrected chi connectivity index (χ1v) is 10.6. The van der Waals surface area contributed by atoms with Crippen molar-refractivity contribution in [3.63, 3.8) is 0 Å². The van der Waals surface area contributed by atoms with Gasteiger partial charge in [-0.3, -0.25) is 8.51 Å². The third-order valence-corrected chi connectivity index (χ3v) is 6.34. The summed E-state index contributed by atoms with van der Waals surface area (Å²) in [7, 11) is 2.69. The summed E-state index contributed by atoms with van der Waals surface area (Å²) in [4.78, 5) is 12.7. The Balaban J connectivity index is 2.02. The van der Waals surface area contributed by atoms with Gasteiger partial charge in [-0.2, -0.15) is 0 Å². The van der Waals surface area contributed by atoms with Gasteiger partial charge in [-0.25, -0.2) is 4.79 Å². The van der Waals surface area contributed by atoms with Crippen LogP contribution in [0.15, 0.2) is 59.1 Å². The van der Waals surface area contributed by atoms with Crippen LogP contribution >= 0.6 is 27.3 Å². The van der Waals surface area contributed by atoms with E-state index in [0.717, 1.165) is 19.2 Å². The predicted molar refractivity (Wildman–Crippen MR) is 113 cm³/mol. The maximum absolute atomic E-state index is 12.0. The minimum absolute atomic E-state index is 0.241. The molecule has 1 atom stereocenters. The van der Waals surface area contributed by atoms with E-state index in [-0.39, 0.29) is 11.3 Å². The second-order valence-corrected chi connectivity index (χ2v) is 8.31. The van der Waals surface area contributed by atoms with E-state index >= 15 is 0 Å². The Morgan fingerprint density at radius 3 is 2.43 bits per heavy atom. The number of ether oxygens (including phenoxy) is 2. The highest BCUT2D eigenvalue weighted by Crippen LogP contribution is 2.41. The summed E-state index contributed by atoms with van der Waals surface area (Å²) >= 11 is 2.13. The van der Waals surface area contributed by atoms with Crippen LogP contribution in [0.2, 0.25) is 0 Å². The lowest BCUT2D eigenvalue weighted by Gasteiger charge is -2.26. The lowest BCUT2D eigenvalue weighted by molar-refractivity contribution is 0.0600. The van der Waals surface area contributed by atoms with Gasteiger partial charge < -0.3 is 14.0 Å². The number of esters is 1. The van der Waals surface area contributed by atoms with E-state index in [4.69, 9.17) is 9.47 Å². The number of rotatable bonds is 6. The molecule has 0 aliphatic heterocycles. The Bertz CT molecular complexity index is 1020. The first-order valence-electron chi connectivity index (χ1n) is 7.96. The maximum Gasteiger partial charge on any atom is 0.337 e. The Labute approximate surface area is 177 Å². The summed E-state index contributed by atoms with van der Waals surface area (Å²) in [6.07, 6.45) is 0. The van der Waals surface area contributed by atoms with E-state index in [9.17, 15) is 13.6 Å². The average Bonchev–Trinajstić information content (AvgIpc) is 3.17. The number of carbonyl (C=O) groups is 1. The molecule has 6 nitrogen and oxygen atoms in total. The minimum Gasteiger partial charge on any atom is -0.755 e. The number of carbonyl (C=O) groups excluding carboxylic acids is 1. The molecular formula is C19H15BrNO5S2-. The highest BCUT2D eigenvalue weighted by molar-refractivity contribution is 9.10. The first-order chi connectivity index (χ1) is 13.4. The SMILES string of the molecule is COC(=O)c1ccc(N(c2ccc(-c3ccc(Br)cc3)s2)S(=O)[O-])c(OC)c1. The summed E-state index contributed by atoms with van der Waals surface area (Å²) in [6, 6.07) is 15.8. The van der Waals surface area contributed by atoms with Crippen molar-refractivity contribution in [3.05, 3.63) is 64.6 Å². The number of anilines is 2. The number of nitrogens with zero attached hydrogens (tertiary/aromatic N) is 1. The number of hydrogen-bond acceptors (Lipinski definition) is 6. The Morgan fingerprint density at radius 2 is 1.82 bits per heavy atom. The molecule has 3 rings (SSSR count). The highest BCUT2D eigenvalue weighted by Gasteiger charge is 2.20. The van der Waals surface area contributed by atoms with E-state index < -0.39 is 17.2 Å². The van der Waals surface area contributed by atoms with Gasteiger partial charge in [-0.1, -0.05) is 28.1 Å². The Kier molecular flexibility index (Phi) is 6.50. The molecule has 0 fully saturated rings. The second kappa shape index (κ2) is 8.87. The molecule has 0 saturated carbocycles. The molecular weight excluding hydrogens is 466 g/mol. The van der Waals surface area contributed by atoms with Crippen LogP contribution in [0.5, 0.6) is 5.75 Å². The van der Waals surface area contributed by atoms with Crippen molar-refractivity contribution >= 4 is 55.2 Å². The quantitative estimate of drug-likeness (QED) is 0.370. The van der Waals surface area contributed by atoms with Gasteiger partial charge in [0, 0.05) is 9.35 Å². The molecule has 1 aromatic heterocycles. The maximum atomic E-state index is 12.0. The molecule has 0 aliphatic rings. The minimum atomic E-state index is -2.59. The Morgan fingerprint density at radius 1 is 1.11 bits per heavy atom. The molecule has 3 aromatic rings. The molecule has 9 heteroatoms. The Hall–Kier alpha value is -2.20. The summed E-state index contributed by atoms with van der Waals surface area (Å²) < 4.78 is 36.1. The van der Waals surface area contributed by atoms with Gasteiger partial charge >= 0.3 is 5.97 Å². The summed E-state index contributed by atoms with van der Waals surface area (Å²) in [5.74, 6) is -0.293. The van der Waals surface area contributed by atoms with Crippen molar-refractivity contribution in [2.75, 3.05) is 18.5 Å². The monoisotopic (exact) mass is 480 g/mol. The number of halogens is 1.